The van der Waals surface area contributed by atoms with E-state index in [0.29, 0.717) is 11.3 Å². The van der Waals surface area contributed by atoms with E-state index in [9.17, 15) is 0 Å². The second-order valence-corrected chi connectivity index (χ2v) is 11.2. The Balaban J connectivity index is 1.91. The molecule has 162 valence electrons. The number of nitrogens with one attached hydrogen (secondary N) is 1. The summed E-state index contributed by atoms with van der Waals surface area (Å²) in [6.45, 7) is 15.5. The first-order valence-electron chi connectivity index (χ1n) is 13.7. The monoisotopic (exact) mass is 416 g/mol. The summed E-state index contributed by atoms with van der Waals surface area (Å²) in [6, 6.07) is 11.1. The first-order valence-corrected chi connectivity index (χ1v) is 11.2. The van der Waals surface area contributed by atoms with Gasteiger partial charge in [0.1, 0.15) is 0 Å². The molecule has 0 spiro atoms. The summed E-state index contributed by atoms with van der Waals surface area (Å²) >= 11 is 0. The Morgan fingerprint density at radius 3 is 2.10 bits per heavy atom. The van der Waals surface area contributed by atoms with Crippen molar-refractivity contribution in [3.8, 4) is 11.1 Å². The maximum Gasteiger partial charge on any atom is 0.0629 e. The second-order valence-electron chi connectivity index (χ2n) is 11.2. The third kappa shape index (κ3) is 4.28. The molecule has 3 aromatic carbocycles. The van der Waals surface area contributed by atoms with Crippen LogP contribution in [0.5, 0.6) is 0 Å². The van der Waals surface area contributed by atoms with Gasteiger partial charge < -0.3 is 5.32 Å². The Morgan fingerprint density at radius 1 is 0.806 bits per heavy atom. The predicted octanol–water partition coefficient (Wildman–Crippen LogP) is 8.74. The Labute approximate surface area is 195 Å². The number of benzene rings is 3. The van der Waals surface area contributed by atoms with Crippen molar-refractivity contribution >= 4 is 11.4 Å². The van der Waals surface area contributed by atoms with E-state index >= 15 is 0 Å². The quantitative estimate of drug-likeness (QED) is 0.450. The average molecular weight is 417 g/mol. The zero-order valence-electron chi connectivity index (χ0n) is 24.9. The number of anilines is 2. The Bertz CT molecular complexity index is 1320. The Hall–Kier alpha value is -2.54. The summed E-state index contributed by atoms with van der Waals surface area (Å²) in [7, 11) is 0. The molecule has 0 saturated heterocycles. The van der Waals surface area contributed by atoms with Gasteiger partial charge >= 0.3 is 0 Å². The molecule has 0 aliphatic heterocycles. The molecule has 0 aromatic heterocycles. The van der Waals surface area contributed by atoms with Crippen molar-refractivity contribution in [3.63, 3.8) is 0 Å². The van der Waals surface area contributed by atoms with Crippen LogP contribution in [0.1, 0.15) is 84.9 Å². The van der Waals surface area contributed by atoms with Crippen molar-refractivity contribution < 1.29 is 6.85 Å². The number of fused-ring (bicyclic) bond motifs is 1. The van der Waals surface area contributed by atoms with Crippen molar-refractivity contribution in [2.45, 2.75) is 77.6 Å². The Kier molecular flexibility index (Phi) is 3.93. The van der Waals surface area contributed by atoms with Gasteiger partial charge in [0.2, 0.25) is 0 Å². The molecule has 0 heterocycles. The predicted molar refractivity (Wildman–Crippen MR) is 136 cm³/mol. The summed E-state index contributed by atoms with van der Waals surface area (Å²) in [6.07, 6.45) is 2.26. The van der Waals surface area contributed by atoms with Gasteiger partial charge in [0, 0.05) is 16.9 Å². The molecule has 0 bridgehead atoms. The van der Waals surface area contributed by atoms with Crippen LogP contribution in [0.3, 0.4) is 0 Å². The van der Waals surface area contributed by atoms with Gasteiger partial charge in [0.15, 0.2) is 0 Å². The molecule has 1 nitrogen and oxygen atoms in total. The van der Waals surface area contributed by atoms with E-state index in [-0.39, 0.29) is 52.0 Å². The summed E-state index contributed by atoms with van der Waals surface area (Å²) in [4.78, 5) is 0. The molecule has 31 heavy (non-hydrogen) atoms. The minimum Gasteiger partial charge on any atom is -0.355 e. The lowest BCUT2D eigenvalue weighted by atomic mass is 9.63. The number of hydrogen-bond donors (Lipinski definition) is 1. The zero-order valence-corrected chi connectivity index (χ0v) is 19.9. The standard InChI is InChI=1S/C30H37N/c1-28(2,3)22-13-16-27(24(19-22)21-11-9-8-10-12-21)31-23-14-15-25-26(20-23)30(6,7)18-17-29(25,4)5/h8-16,19-20,31H,17-18H2,1-7H3/i8D,9D,10D,11D,12D. The van der Waals surface area contributed by atoms with Gasteiger partial charge in [-0.05, 0) is 75.6 Å². The van der Waals surface area contributed by atoms with Gasteiger partial charge in [-0.1, -0.05) is 90.8 Å². The molecule has 0 fully saturated rings. The molecule has 1 aliphatic carbocycles. The SMILES string of the molecule is [2H]c1c([2H])c([2H])c(-c2cc(C(C)(C)C)ccc2Nc2ccc3c(c2)C(C)(C)CCC3(C)C)c([2H])c1[2H]. The van der Waals surface area contributed by atoms with E-state index in [2.05, 4.69) is 72.0 Å². The molecular formula is C30H37N. The average Bonchev–Trinajstić information content (AvgIpc) is 2.80. The number of rotatable bonds is 3. The topological polar surface area (TPSA) is 12.0 Å². The van der Waals surface area contributed by atoms with Crippen LogP contribution < -0.4 is 5.32 Å². The van der Waals surface area contributed by atoms with Crippen molar-refractivity contribution in [2.75, 3.05) is 5.32 Å². The third-order valence-electron chi connectivity index (χ3n) is 6.79. The van der Waals surface area contributed by atoms with E-state index in [1.165, 1.54) is 11.1 Å². The van der Waals surface area contributed by atoms with E-state index < -0.39 is 0 Å². The summed E-state index contributed by atoms with van der Waals surface area (Å²) in [5.41, 5.74) is 6.23. The summed E-state index contributed by atoms with van der Waals surface area (Å²) in [5.74, 6) is 0. The molecule has 0 radical (unpaired) electrons. The molecule has 0 atom stereocenters. The van der Waals surface area contributed by atoms with Crippen LogP contribution in [0.4, 0.5) is 11.4 Å². The minimum atomic E-state index is -0.380. The van der Waals surface area contributed by atoms with E-state index in [4.69, 9.17) is 6.85 Å². The van der Waals surface area contributed by atoms with E-state index in [1.807, 2.05) is 18.2 Å². The molecule has 0 unspecified atom stereocenters. The Morgan fingerprint density at radius 2 is 1.45 bits per heavy atom. The third-order valence-corrected chi connectivity index (χ3v) is 6.79. The van der Waals surface area contributed by atoms with Crippen molar-refractivity contribution in [1.29, 1.82) is 0 Å². The van der Waals surface area contributed by atoms with Crippen molar-refractivity contribution in [1.82, 2.24) is 0 Å². The van der Waals surface area contributed by atoms with Gasteiger partial charge in [0.05, 0.1) is 6.85 Å². The zero-order chi connectivity index (χ0) is 26.8. The van der Waals surface area contributed by atoms with Gasteiger partial charge in [-0.3, -0.25) is 0 Å². The highest BCUT2D eigenvalue weighted by Gasteiger charge is 2.37. The van der Waals surface area contributed by atoms with Crippen LogP contribution in [0.15, 0.2) is 66.6 Å². The van der Waals surface area contributed by atoms with Gasteiger partial charge in [-0.15, -0.1) is 0 Å². The first kappa shape index (κ1) is 16.1. The van der Waals surface area contributed by atoms with E-state index in [0.717, 1.165) is 24.1 Å². The highest BCUT2D eigenvalue weighted by molar-refractivity contribution is 5.82. The van der Waals surface area contributed by atoms with Gasteiger partial charge in [-0.25, -0.2) is 0 Å². The van der Waals surface area contributed by atoms with Crippen molar-refractivity contribution in [2.24, 2.45) is 0 Å². The highest BCUT2D eigenvalue weighted by Crippen LogP contribution is 2.47. The fraction of sp³-hybridized carbons (Fsp3) is 0.400. The van der Waals surface area contributed by atoms with Crippen LogP contribution in [-0.4, -0.2) is 0 Å². The fourth-order valence-corrected chi connectivity index (χ4v) is 4.53. The molecule has 4 rings (SSSR count). The maximum atomic E-state index is 8.60. The lowest BCUT2D eigenvalue weighted by Crippen LogP contribution is -2.33. The van der Waals surface area contributed by atoms with E-state index in [1.54, 1.807) is 0 Å². The lowest BCUT2D eigenvalue weighted by molar-refractivity contribution is 0.332. The molecule has 0 saturated carbocycles. The van der Waals surface area contributed by atoms with Gasteiger partial charge in [0.25, 0.3) is 0 Å². The molecule has 0 amide bonds. The number of hydrogen-bond acceptors (Lipinski definition) is 1. The van der Waals surface area contributed by atoms with Crippen LogP contribution in [0.25, 0.3) is 11.1 Å². The summed E-state index contributed by atoms with van der Waals surface area (Å²) in [5, 5.41) is 3.54. The van der Waals surface area contributed by atoms with Crippen molar-refractivity contribution in [3.05, 3.63) is 83.3 Å². The first-order chi connectivity index (χ1) is 16.5. The normalized spacial score (nSPS) is 19.4. The van der Waals surface area contributed by atoms with Crippen LogP contribution in [0.2, 0.25) is 0 Å². The second kappa shape index (κ2) is 7.55. The summed E-state index contributed by atoms with van der Waals surface area (Å²) < 4.78 is 41.6. The van der Waals surface area contributed by atoms with Gasteiger partial charge in [-0.2, -0.15) is 0 Å². The van der Waals surface area contributed by atoms with Crippen LogP contribution in [0, 0.1) is 0 Å². The van der Waals surface area contributed by atoms with Crippen LogP contribution in [-0.2, 0) is 16.2 Å². The smallest absolute Gasteiger partial charge is 0.0629 e. The fourth-order valence-electron chi connectivity index (χ4n) is 4.53. The molecule has 3 aromatic rings. The molecule has 1 N–H and O–H groups in total. The lowest BCUT2D eigenvalue weighted by Gasteiger charge is -2.42. The molecule has 1 heteroatoms. The minimum absolute atomic E-state index is 0.0638. The highest BCUT2D eigenvalue weighted by atomic mass is 14.9. The largest absolute Gasteiger partial charge is 0.355 e. The molecule has 1 aliphatic rings. The maximum absolute atomic E-state index is 8.60. The molecular weight excluding hydrogens is 374 g/mol. The van der Waals surface area contributed by atoms with Crippen LogP contribution >= 0.6 is 0 Å².